The number of urea groups is 1. The van der Waals surface area contributed by atoms with E-state index in [1.807, 2.05) is 36.4 Å². The van der Waals surface area contributed by atoms with Crippen LogP contribution in [0.25, 0.3) is 22.5 Å². The quantitative estimate of drug-likeness (QED) is 0.601. The highest BCUT2D eigenvalue weighted by atomic mass is 16.6. The Morgan fingerprint density at radius 3 is 1.54 bits per heavy atom. The van der Waals surface area contributed by atoms with E-state index in [9.17, 15) is 4.79 Å². The third-order valence-corrected chi connectivity index (χ3v) is 3.68. The molecule has 26 heavy (non-hydrogen) atoms. The highest BCUT2D eigenvalue weighted by Gasteiger charge is 2.30. The molecule has 0 bridgehead atoms. The molecule has 2 heterocycles. The van der Waals surface area contributed by atoms with Crippen LogP contribution in [-0.2, 0) is 0 Å². The fourth-order valence-electron chi connectivity index (χ4n) is 2.53. The van der Waals surface area contributed by atoms with Crippen molar-refractivity contribution in [3.05, 3.63) is 60.7 Å². The summed E-state index contributed by atoms with van der Waals surface area (Å²) in [6.45, 7) is 0. The Morgan fingerprint density at radius 2 is 1.15 bits per heavy atom. The van der Waals surface area contributed by atoms with Crippen LogP contribution in [0.3, 0.4) is 0 Å². The van der Waals surface area contributed by atoms with Crippen LogP contribution in [0.1, 0.15) is 0 Å². The van der Waals surface area contributed by atoms with E-state index in [0.29, 0.717) is 22.5 Å². The molecule has 0 saturated heterocycles. The van der Waals surface area contributed by atoms with E-state index in [1.54, 1.807) is 24.3 Å². The van der Waals surface area contributed by atoms with Crippen molar-refractivity contribution in [3.63, 3.8) is 0 Å². The largest absolute Gasteiger partial charge is 0.351 e. The molecule has 0 spiro atoms. The highest BCUT2D eigenvalue weighted by Crippen LogP contribution is 2.35. The second-order valence-electron chi connectivity index (χ2n) is 5.28. The maximum atomic E-state index is 12.2. The number of anilines is 2. The Hall–Kier alpha value is -4.01. The van der Waals surface area contributed by atoms with Crippen LogP contribution in [0.4, 0.5) is 16.4 Å². The first-order chi connectivity index (χ1) is 12.8. The lowest BCUT2D eigenvalue weighted by molar-refractivity contribution is 0.254. The summed E-state index contributed by atoms with van der Waals surface area (Å²) < 4.78 is 9.69. The third-order valence-electron chi connectivity index (χ3n) is 3.68. The van der Waals surface area contributed by atoms with Gasteiger partial charge in [0.25, 0.3) is 0 Å². The number of benzene rings is 2. The number of amides is 2. The molecule has 2 N–H and O–H groups in total. The summed E-state index contributed by atoms with van der Waals surface area (Å²) in [4.78, 5) is 13.2. The van der Waals surface area contributed by atoms with E-state index in [-0.39, 0.29) is 11.6 Å². The molecule has 0 aliphatic carbocycles. The minimum Gasteiger partial charge on any atom is -0.351 e. The van der Waals surface area contributed by atoms with Crippen LogP contribution in [0.5, 0.6) is 0 Å². The molecule has 0 aliphatic rings. The van der Waals surface area contributed by atoms with Gasteiger partial charge in [-0.2, -0.15) is 0 Å². The molecule has 128 valence electrons. The Bertz CT molecular complexity index is 951. The van der Waals surface area contributed by atoms with Gasteiger partial charge >= 0.3 is 6.03 Å². The van der Waals surface area contributed by atoms with Gasteiger partial charge in [-0.25, -0.2) is 19.0 Å². The molecule has 9 heteroatoms. The van der Waals surface area contributed by atoms with Crippen molar-refractivity contribution in [2.45, 2.75) is 0 Å². The minimum absolute atomic E-state index is 0.0941. The average molecular weight is 348 g/mol. The normalized spacial score (nSPS) is 10.6. The van der Waals surface area contributed by atoms with E-state index in [0.717, 1.165) is 4.90 Å². The van der Waals surface area contributed by atoms with E-state index in [1.165, 1.54) is 0 Å². The Kier molecular flexibility index (Phi) is 3.86. The van der Waals surface area contributed by atoms with Crippen molar-refractivity contribution in [2.24, 2.45) is 5.73 Å². The Labute approximate surface area is 147 Å². The molecule has 2 aromatic heterocycles. The van der Waals surface area contributed by atoms with Crippen molar-refractivity contribution >= 4 is 17.7 Å². The third kappa shape index (κ3) is 2.67. The number of carbonyl (C=O) groups is 1. The molecular formula is C17H12N6O3. The van der Waals surface area contributed by atoms with Crippen molar-refractivity contribution in [2.75, 3.05) is 4.90 Å². The molecule has 0 aliphatic heterocycles. The number of aromatic nitrogens is 4. The van der Waals surface area contributed by atoms with E-state index >= 15 is 0 Å². The standard InChI is InChI=1S/C17H12N6O3/c18-17(24)23(15-13(19-25-21-15)11-7-3-1-4-8-11)16-14(20-26-22-16)12-9-5-2-6-10-12/h1-10H,(H2,18,24). The van der Waals surface area contributed by atoms with Crippen LogP contribution in [0.15, 0.2) is 69.9 Å². The number of hydrogen-bond acceptors (Lipinski definition) is 7. The van der Waals surface area contributed by atoms with Crippen molar-refractivity contribution in [1.29, 1.82) is 0 Å². The molecule has 2 amide bonds. The highest BCUT2D eigenvalue weighted by molar-refractivity contribution is 6.01. The summed E-state index contributed by atoms with van der Waals surface area (Å²) in [5, 5.41) is 15.4. The van der Waals surface area contributed by atoms with Crippen molar-refractivity contribution in [1.82, 2.24) is 20.6 Å². The molecule has 2 aromatic carbocycles. The van der Waals surface area contributed by atoms with Crippen molar-refractivity contribution in [3.8, 4) is 22.5 Å². The summed E-state index contributed by atoms with van der Waals surface area (Å²) >= 11 is 0. The summed E-state index contributed by atoms with van der Waals surface area (Å²) in [7, 11) is 0. The smallest absolute Gasteiger partial charge is 0.326 e. The van der Waals surface area contributed by atoms with Gasteiger partial charge in [0, 0.05) is 11.1 Å². The lowest BCUT2D eigenvalue weighted by Gasteiger charge is -2.15. The molecule has 4 rings (SSSR count). The molecule has 0 fully saturated rings. The molecule has 0 saturated carbocycles. The number of nitrogens with zero attached hydrogens (tertiary/aromatic N) is 5. The Morgan fingerprint density at radius 1 is 0.731 bits per heavy atom. The molecule has 0 radical (unpaired) electrons. The first-order valence-corrected chi connectivity index (χ1v) is 7.61. The van der Waals surface area contributed by atoms with Gasteiger partial charge in [-0.05, 0) is 20.6 Å². The van der Waals surface area contributed by atoms with E-state index in [2.05, 4.69) is 20.6 Å². The van der Waals surface area contributed by atoms with Gasteiger partial charge in [0.15, 0.2) is 11.4 Å². The number of rotatable bonds is 4. The van der Waals surface area contributed by atoms with Crippen LogP contribution >= 0.6 is 0 Å². The fourth-order valence-corrected chi connectivity index (χ4v) is 2.53. The van der Waals surface area contributed by atoms with Crippen LogP contribution < -0.4 is 10.6 Å². The second kappa shape index (κ2) is 6.48. The zero-order valence-corrected chi connectivity index (χ0v) is 13.3. The number of nitrogens with two attached hydrogens (primary N) is 1. The number of carbonyl (C=O) groups excluding carboxylic acids is 1. The summed E-state index contributed by atoms with van der Waals surface area (Å²) in [5.41, 5.74) is 7.66. The molecular weight excluding hydrogens is 336 g/mol. The first-order valence-electron chi connectivity index (χ1n) is 7.61. The van der Waals surface area contributed by atoms with Gasteiger partial charge in [0.05, 0.1) is 0 Å². The van der Waals surface area contributed by atoms with Crippen LogP contribution in [0, 0.1) is 0 Å². The van der Waals surface area contributed by atoms with E-state index in [4.69, 9.17) is 15.0 Å². The predicted molar refractivity (Wildman–Crippen MR) is 91.2 cm³/mol. The summed E-state index contributed by atoms with van der Waals surface area (Å²) in [6, 6.07) is 17.4. The predicted octanol–water partition coefficient (Wildman–Crippen LogP) is 3.00. The van der Waals surface area contributed by atoms with Gasteiger partial charge in [0.1, 0.15) is 0 Å². The van der Waals surface area contributed by atoms with Gasteiger partial charge < -0.3 is 5.73 Å². The molecule has 0 atom stereocenters. The minimum atomic E-state index is -0.828. The molecule has 0 unspecified atom stereocenters. The van der Waals surface area contributed by atoms with Gasteiger partial charge in [0.2, 0.25) is 11.6 Å². The topological polar surface area (TPSA) is 124 Å². The average Bonchev–Trinajstić information content (AvgIpc) is 3.33. The summed E-state index contributed by atoms with van der Waals surface area (Å²) in [5.74, 6) is 0.188. The fraction of sp³-hybridized carbons (Fsp3) is 0. The van der Waals surface area contributed by atoms with E-state index < -0.39 is 6.03 Å². The van der Waals surface area contributed by atoms with Crippen LogP contribution in [0.2, 0.25) is 0 Å². The SMILES string of the molecule is NC(=O)N(c1nonc1-c1ccccc1)c1nonc1-c1ccccc1. The van der Waals surface area contributed by atoms with Crippen LogP contribution in [-0.4, -0.2) is 26.7 Å². The lowest BCUT2D eigenvalue weighted by Crippen LogP contribution is -2.32. The van der Waals surface area contributed by atoms with Gasteiger partial charge in [-0.3, -0.25) is 0 Å². The molecule has 9 nitrogen and oxygen atoms in total. The number of hydrogen-bond donors (Lipinski definition) is 1. The maximum absolute atomic E-state index is 12.2. The monoisotopic (exact) mass is 348 g/mol. The maximum Gasteiger partial charge on any atom is 0.326 e. The zero-order chi connectivity index (χ0) is 17.9. The number of primary amides is 1. The zero-order valence-electron chi connectivity index (χ0n) is 13.3. The van der Waals surface area contributed by atoms with Gasteiger partial charge in [-0.15, -0.1) is 0 Å². The first kappa shape index (κ1) is 15.5. The lowest BCUT2D eigenvalue weighted by atomic mass is 10.1. The summed E-state index contributed by atoms with van der Waals surface area (Å²) in [6.07, 6.45) is 0. The Balaban J connectivity index is 1.85. The molecule has 4 aromatic rings. The second-order valence-corrected chi connectivity index (χ2v) is 5.28. The van der Waals surface area contributed by atoms with Gasteiger partial charge in [-0.1, -0.05) is 60.7 Å². The van der Waals surface area contributed by atoms with Crippen molar-refractivity contribution < 1.29 is 14.1 Å².